The average Bonchev–Trinajstić information content (AvgIpc) is 2.77. The molecule has 1 aromatic heterocycles. The molecule has 1 heterocycles. The molecular formula is C11H14N4O2S. The maximum atomic E-state index is 12.0. The first kappa shape index (κ1) is 12.4. The van der Waals surface area contributed by atoms with Gasteiger partial charge in [0.1, 0.15) is 0 Å². The summed E-state index contributed by atoms with van der Waals surface area (Å²) < 4.78 is 26.6. The number of hydrogen-bond donors (Lipinski definition) is 3. The molecule has 0 saturated carbocycles. The molecule has 0 unspecified atom stereocenters. The fraction of sp³-hybridized carbons (Fsp3) is 0.182. The summed E-state index contributed by atoms with van der Waals surface area (Å²) in [5.41, 5.74) is 8.39. The zero-order chi connectivity index (χ0) is 13.3. The van der Waals surface area contributed by atoms with E-state index in [9.17, 15) is 8.42 Å². The molecule has 6 nitrogen and oxygen atoms in total. The third kappa shape index (κ3) is 2.30. The predicted molar refractivity (Wildman–Crippen MR) is 69.7 cm³/mol. The number of aromatic amines is 1. The van der Waals surface area contributed by atoms with Crippen molar-refractivity contribution in [3.63, 3.8) is 0 Å². The highest BCUT2D eigenvalue weighted by Crippen LogP contribution is 2.25. The van der Waals surface area contributed by atoms with Crippen molar-refractivity contribution in [2.75, 3.05) is 10.5 Å². The second-order valence-corrected chi connectivity index (χ2v) is 5.71. The van der Waals surface area contributed by atoms with Gasteiger partial charge in [0.2, 0.25) is 0 Å². The van der Waals surface area contributed by atoms with Crippen molar-refractivity contribution in [1.29, 1.82) is 0 Å². The zero-order valence-electron chi connectivity index (χ0n) is 10.1. The van der Waals surface area contributed by atoms with Crippen LogP contribution in [-0.4, -0.2) is 18.6 Å². The van der Waals surface area contributed by atoms with Gasteiger partial charge in [-0.1, -0.05) is 0 Å². The number of sulfonamides is 1. The minimum absolute atomic E-state index is 0.0260. The Morgan fingerprint density at radius 2 is 1.89 bits per heavy atom. The Morgan fingerprint density at radius 3 is 2.39 bits per heavy atom. The Kier molecular flexibility index (Phi) is 3.00. The lowest BCUT2D eigenvalue weighted by molar-refractivity contribution is 0.597. The third-order valence-electron chi connectivity index (χ3n) is 2.56. The van der Waals surface area contributed by atoms with Gasteiger partial charge in [0.05, 0.1) is 11.9 Å². The number of aryl methyl sites for hydroxylation is 2. The second kappa shape index (κ2) is 4.34. The Balaban J connectivity index is 2.42. The van der Waals surface area contributed by atoms with Crippen LogP contribution in [0.25, 0.3) is 0 Å². The average molecular weight is 266 g/mol. The first-order valence-electron chi connectivity index (χ1n) is 5.29. The summed E-state index contributed by atoms with van der Waals surface area (Å²) in [5.74, 6) is 0. The lowest BCUT2D eigenvalue weighted by Gasteiger charge is -2.13. The molecule has 0 radical (unpaired) electrons. The van der Waals surface area contributed by atoms with Crippen LogP contribution in [0.3, 0.4) is 0 Å². The number of nitrogens with one attached hydrogen (secondary N) is 2. The molecule has 18 heavy (non-hydrogen) atoms. The van der Waals surface area contributed by atoms with Gasteiger partial charge >= 0.3 is 0 Å². The van der Waals surface area contributed by atoms with Crippen LogP contribution in [0.5, 0.6) is 0 Å². The molecule has 0 saturated heterocycles. The van der Waals surface area contributed by atoms with Crippen LogP contribution < -0.4 is 10.5 Å². The highest BCUT2D eigenvalue weighted by atomic mass is 32.2. The Bertz CT molecular complexity index is 639. The van der Waals surface area contributed by atoms with Gasteiger partial charge in [-0.05, 0) is 43.2 Å². The molecule has 0 fully saturated rings. The topological polar surface area (TPSA) is 101 Å². The number of benzene rings is 1. The fourth-order valence-electron chi connectivity index (χ4n) is 1.74. The Labute approximate surface area is 105 Å². The third-order valence-corrected chi connectivity index (χ3v) is 3.84. The number of rotatable bonds is 3. The van der Waals surface area contributed by atoms with E-state index in [1.54, 1.807) is 26.0 Å². The summed E-state index contributed by atoms with van der Waals surface area (Å²) in [6, 6.07) is 4.83. The first-order chi connectivity index (χ1) is 8.40. The summed E-state index contributed by atoms with van der Waals surface area (Å²) in [6.07, 6.45) is 1.39. The maximum absolute atomic E-state index is 12.0. The molecule has 4 N–H and O–H groups in total. The van der Waals surface area contributed by atoms with Crippen LogP contribution >= 0.6 is 0 Å². The largest absolute Gasteiger partial charge is 0.399 e. The summed E-state index contributed by atoms with van der Waals surface area (Å²) >= 11 is 0. The number of hydrogen-bond acceptors (Lipinski definition) is 4. The maximum Gasteiger partial charge on any atom is 0.278 e. The van der Waals surface area contributed by atoms with Gasteiger partial charge < -0.3 is 5.73 Å². The van der Waals surface area contributed by atoms with E-state index < -0.39 is 10.0 Å². The molecule has 0 aliphatic heterocycles. The lowest BCUT2D eigenvalue weighted by Crippen LogP contribution is -2.15. The van der Waals surface area contributed by atoms with Crippen LogP contribution in [0.2, 0.25) is 0 Å². The molecule has 2 rings (SSSR count). The summed E-state index contributed by atoms with van der Waals surface area (Å²) in [4.78, 5) is 0. The highest BCUT2D eigenvalue weighted by Gasteiger charge is 2.17. The van der Waals surface area contributed by atoms with Gasteiger partial charge in [-0.25, -0.2) is 0 Å². The molecule has 0 bridgehead atoms. The van der Waals surface area contributed by atoms with Gasteiger partial charge in [-0.15, -0.1) is 0 Å². The SMILES string of the molecule is Cc1cc(N)cc(C)c1NS(=O)(=O)c1ccn[nH]1. The predicted octanol–water partition coefficient (Wildman–Crippen LogP) is 1.41. The van der Waals surface area contributed by atoms with Crippen LogP contribution in [0.1, 0.15) is 11.1 Å². The molecule has 0 spiro atoms. The molecule has 0 aliphatic carbocycles. The molecule has 2 aromatic rings. The van der Waals surface area contributed by atoms with E-state index in [1.165, 1.54) is 12.3 Å². The van der Waals surface area contributed by atoms with E-state index in [1.807, 2.05) is 0 Å². The number of aromatic nitrogens is 2. The van der Waals surface area contributed by atoms with E-state index in [2.05, 4.69) is 14.9 Å². The van der Waals surface area contributed by atoms with Crippen LogP contribution in [0, 0.1) is 13.8 Å². The molecule has 1 aromatic carbocycles. The minimum Gasteiger partial charge on any atom is -0.399 e. The molecule has 0 atom stereocenters. The monoisotopic (exact) mass is 266 g/mol. The molecule has 96 valence electrons. The molecule has 0 aliphatic rings. The number of nitrogens with two attached hydrogens (primary N) is 1. The highest BCUT2D eigenvalue weighted by molar-refractivity contribution is 7.92. The quantitative estimate of drug-likeness (QED) is 0.731. The standard InChI is InChI=1S/C11H14N4O2S/c1-7-5-9(12)6-8(2)11(7)15-18(16,17)10-3-4-13-14-10/h3-6,15H,12H2,1-2H3,(H,13,14). The lowest BCUT2D eigenvalue weighted by atomic mass is 10.1. The van der Waals surface area contributed by atoms with Gasteiger partial charge in [0.15, 0.2) is 5.03 Å². The number of nitrogens with zero attached hydrogens (tertiary/aromatic N) is 1. The number of anilines is 2. The van der Waals surface area contributed by atoms with Gasteiger partial charge in [0.25, 0.3) is 10.0 Å². The van der Waals surface area contributed by atoms with E-state index in [0.29, 0.717) is 11.4 Å². The van der Waals surface area contributed by atoms with Gasteiger partial charge in [-0.2, -0.15) is 13.5 Å². The number of H-pyrrole nitrogens is 1. The van der Waals surface area contributed by atoms with Crippen molar-refractivity contribution in [3.05, 3.63) is 35.5 Å². The molecule has 7 heteroatoms. The van der Waals surface area contributed by atoms with Crippen molar-refractivity contribution >= 4 is 21.4 Å². The summed E-state index contributed by atoms with van der Waals surface area (Å²) in [5, 5.41) is 6.07. The van der Waals surface area contributed by atoms with Crippen LogP contribution in [0.15, 0.2) is 29.4 Å². The normalized spacial score (nSPS) is 11.4. The zero-order valence-corrected chi connectivity index (χ0v) is 10.9. The van der Waals surface area contributed by atoms with E-state index in [4.69, 9.17) is 5.73 Å². The van der Waals surface area contributed by atoms with Crippen molar-refractivity contribution in [2.45, 2.75) is 18.9 Å². The summed E-state index contributed by atoms with van der Waals surface area (Å²) in [7, 11) is -3.64. The molecular weight excluding hydrogens is 252 g/mol. The Morgan fingerprint density at radius 1 is 1.28 bits per heavy atom. The number of nitrogen functional groups attached to an aromatic ring is 1. The van der Waals surface area contributed by atoms with Gasteiger partial charge in [-0.3, -0.25) is 9.82 Å². The van der Waals surface area contributed by atoms with Crippen molar-refractivity contribution in [1.82, 2.24) is 10.2 Å². The van der Waals surface area contributed by atoms with Gasteiger partial charge in [0, 0.05) is 5.69 Å². The van der Waals surface area contributed by atoms with Crippen molar-refractivity contribution in [2.24, 2.45) is 0 Å². The fourth-order valence-corrected chi connectivity index (χ4v) is 2.85. The second-order valence-electron chi connectivity index (χ2n) is 4.06. The minimum atomic E-state index is -3.64. The van der Waals surface area contributed by atoms with E-state index >= 15 is 0 Å². The van der Waals surface area contributed by atoms with Crippen molar-refractivity contribution < 1.29 is 8.42 Å². The van der Waals surface area contributed by atoms with Crippen LogP contribution in [0.4, 0.5) is 11.4 Å². The van der Waals surface area contributed by atoms with E-state index in [-0.39, 0.29) is 5.03 Å². The first-order valence-corrected chi connectivity index (χ1v) is 6.77. The smallest absolute Gasteiger partial charge is 0.278 e. The van der Waals surface area contributed by atoms with Crippen molar-refractivity contribution in [3.8, 4) is 0 Å². The van der Waals surface area contributed by atoms with Crippen LogP contribution in [-0.2, 0) is 10.0 Å². The Hall–Kier alpha value is -2.02. The summed E-state index contributed by atoms with van der Waals surface area (Å²) in [6.45, 7) is 3.60. The van der Waals surface area contributed by atoms with E-state index in [0.717, 1.165) is 11.1 Å². The molecule has 0 amide bonds.